The Morgan fingerprint density at radius 1 is 1.50 bits per heavy atom. The third-order valence-electron chi connectivity index (χ3n) is 2.00. The highest BCUT2D eigenvalue weighted by Crippen LogP contribution is 2.17. The molecule has 1 aromatic rings. The molecule has 0 heterocycles. The van der Waals surface area contributed by atoms with Gasteiger partial charge in [0, 0.05) is 0 Å². The maximum Gasteiger partial charge on any atom is 0.325 e. The number of ether oxygens (including phenoxy) is 1. The zero-order chi connectivity index (χ0) is 13.8. The fourth-order valence-corrected chi connectivity index (χ4v) is 1.72. The number of carbonyl (C=O) groups is 1. The minimum Gasteiger partial charge on any atom is -0.465 e. The summed E-state index contributed by atoms with van der Waals surface area (Å²) in [5, 5.41) is 7.34. The number of carbonyl (C=O) groups excluding carboxylic acids is 1. The van der Waals surface area contributed by atoms with Gasteiger partial charge in [-0.2, -0.15) is 0 Å². The lowest BCUT2D eigenvalue weighted by molar-refractivity contribution is -0.140. The van der Waals surface area contributed by atoms with Crippen molar-refractivity contribution < 1.29 is 22.3 Å². The summed E-state index contributed by atoms with van der Waals surface area (Å²) >= 11 is 0. The number of halogens is 1. The maximum absolute atomic E-state index is 13.5. The molecule has 0 aliphatic heterocycles. The molecule has 0 aliphatic rings. The van der Waals surface area contributed by atoms with Crippen molar-refractivity contribution in [2.75, 3.05) is 18.5 Å². The van der Waals surface area contributed by atoms with E-state index in [0.29, 0.717) is 0 Å². The van der Waals surface area contributed by atoms with Gasteiger partial charge in [0.25, 0.3) is 0 Å². The molecule has 0 unspecified atom stereocenters. The Labute approximate surface area is 104 Å². The summed E-state index contributed by atoms with van der Waals surface area (Å²) in [5.41, 5.74) is -0.00421. The normalized spacial score (nSPS) is 11.1. The van der Waals surface area contributed by atoms with Crippen LogP contribution in [0.5, 0.6) is 0 Å². The Balaban J connectivity index is 2.78. The van der Waals surface area contributed by atoms with E-state index in [0.717, 1.165) is 12.1 Å². The van der Waals surface area contributed by atoms with E-state index in [1.165, 1.54) is 6.07 Å². The van der Waals surface area contributed by atoms with Crippen molar-refractivity contribution in [2.24, 2.45) is 5.14 Å². The highest BCUT2D eigenvalue weighted by Gasteiger charge is 2.12. The van der Waals surface area contributed by atoms with Gasteiger partial charge in [-0.05, 0) is 25.1 Å². The van der Waals surface area contributed by atoms with Gasteiger partial charge in [-0.1, -0.05) is 0 Å². The molecule has 0 saturated heterocycles. The van der Waals surface area contributed by atoms with Crippen molar-refractivity contribution in [1.29, 1.82) is 0 Å². The van der Waals surface area contributed by atoms with Crippen molar-refractivity contribution in [2.45, 2.75) is 11.8 Å². The molecule has 0 saturated carbocycles. The summed E-state index contributed by atoms with van der Waals surface area (Å²) in [7, 11) is -3.94. The molecule has 0 fully saturated rings. The van der Waals surface area contributed by atoms with E-state index in [4.69, 9.17) is 5.14 Å². The molecule has 0 bridgehead atoms. The first-order chi connectivity index (χ1) is 8.34. The number of hydrogen-bond acceptors (Lipinski definition) is 5. The predicted octanol–water partition coefficient (Wildman–Crippen LogP) is 0.448. The molecule has 8 heteroatoms. The zero-order valence-corrected chi connectivity index (χ0v) is 10.5. The quantitative estimate of drug-likeness (QED) is 0.761. The van der Waals surface area contributed by atoms with Crippen LogP contribution in [0.2, 0.25) is 0 Å². The predicted molar refractivity (Wildman–Crippen MR) is 62.9 cm³/mol. The molecule has 0 atom stereocenters. The number of esters is 1. The Bertz CT molecular complexity index is 545. The van der Waals surface area contributed by atoms with Gasteiger partial charge >= 0.3 is 5.97 Å². The molecule has 100 valence electrons. The molecular formula is C10H13FN2O4S. The van der Waals surface area contributed by atoms with Crippen molar-refractivity contribution in [1.82, 2.24) is 0 Å². The molecule has 1 rings (SSSR count). The highest BCUT2D eigenvalue weighted by molar-refractivity contribution is 7.89. The molecule has 1 aromatic carbocycles. The number of sulfonamides is 1. The van der Waals surface area contributed by atoms with Crippen LogP contribution in [0.1, 0.15) is 6.92 Å². The summed E-state index contributed by atoms with van der Waals surface area (Å²) in [5.74, 6) is -1.35. The third-order valence-corrected chi connectivity index (χ3v) is 2.91. The smallest absolute Gasteiger partial charge is 0.325 e. The Morgan fingerprint density at radius 2 is 2.17 bits per heavy atom. The zero-order valence-electron chi connectivity index (χ0n) is 9.64. The first-order valence-corrected chi connectivity index (χ1v) is 6.61. The SMILES string of the molecule is CCOC(=O)CNc1ccc(S(N)(=O)=O)cc1F. The molecule has 0 radical (unpaired) electrons. The molecule has 0 amide bonds. The molecule has 3 N–H and O–H groups in total. The second-order valence-corrected chi connectivity index (χ2v) is 4.91. The number of primary sulfonamides is 1. The minimum absolute atomic E-state index is 0.00421. The number of anilines is 1. The van der Waals surface area contributed by atoms with Crippen LogP contribution in [0.25, 0.3) is 0 Å². The van der Waals surface area contributed by atoms with Crippen LogP contribution >= 0.6 is 0 Å². The van der Waals surface area contributed by atoms with Crippen molar-refractivity contribution in [3.8, 4) is 0 Å². The lowest BCUT2D eigenvalue weighted by Crippen LogP contribution is -2.18. The molecular weight excluding hydrogens is 263 g/mol. The molecule has 18 heavy (non-hydrogen) atoms. The Morgan fingerprint density at radius 3 is 2.67 bits per heavy atom. The maximum atomic E-state index is 13.5. The fraction of sp³-hybridized carbons (Fsp3) is 0.300. The number of hydrogen-bond donors (Lipinski definition) is 2. The second-order valence-electron chi connectivity index (χ2n) is 3.35. The van der Waals surface area contributed by atoms with Gasteiger partial charge in [-0.25, -0.2) is 17.9 Å². The summed E-state index contributed by atoms with van der Waals surface area (Å²) in [6, 6.07) is 3.11. The van der Waals surface area contributed by atoms with Crippen molar-refractivity contribution in [3.63, 3.8) is 0 Å². The molecule has 0 spiro atoms. The topological polar surface area (TPSA) is 98.5 Å². The lowest BCUT2D eigenvalue weighted by atomic mass is 10.3. The summed E-state index contributed by atoms with van der Waals surface area (Å²) in [6.07, 6.45) is 0. The van der Waals surface area contributed by atoms with Crippen molar-refractivity contribution >= 4 is 21.7 Å². The van der Waals surface area contributed by atoms with E-state index in [-0.39, 0.29) is 23.7 Å². The largest absolute Gasteiger partial charge is 0.465 e. The summed E-state index contributed by atoms with van der Waals surface area (Å²) in [6.45, 7) is 1.67. The highest BCUT2D eigenvalue weighted by atomic mass is 32.2. The fourth-order valence-electron chi connectivity index (χ4n) is 1.20. The van der Waals surface area contributed by atoms with Gasteiger partial charge in [-0.3, -0.25) is 4.79 Å². The van der Waals surface area contributed by atoms with E-state index in [1.807, 2.05) is 0 Å². The number of benzene rings is 1. The van der Waals surface area contributed by atoms with Crippen molar-refractivity contribution in [3.05, 3.63) is 24.0 Å². The summed E-state index contributed by atoms with van der Waals surface area (Å²) < 4.78 is 40.1. The van der Waals surface area contributed by atoms with Crippen LogP contribution in [0.15, 0.2) is 23.1 Å². The minimum atomic E-state index is -3.94. The van der Waals surface area contributed by atoms with Crippen LogP contribution in [0.3, 0.4) is 0 Å². The Hall–Kier alpha value is -1.67. The first-order valence-electron chi connectivity index (χ1n) is 5.06. The van der Waals surface area contributed by atoms with Crippen LogP contribution in [-0.4, -0.2) is 27.5 Å². The van der Waals surface area contributed by atoms with E-state index < -0.39 is 21.8 Å². The average molecular weight is 276 g/mol. The van der Waals surface area contributed by atoms with E-state index in [1.54, 1.807) is 6.92 Å². The van der Waals surface area contributed by atoms with Crippen LogP contribution in [-0.2, 0) is 19.6 Å². The monoisotopic (exact) mass is 276 g/mol. The average Bonchev–Trinajstić information content (AvgIpc) is 2.26. The van der Waals surface area contributed by atoms with Crippen LogP contribution in [0.4, 0.5) is 10.1 Å². The number of nitrogens with one attached hydrogen (secondary N) is 1. The molecule has 6 nitrogen and oxygen atoms in total. The standard InChI is InChI=1S/C10H13FN2O4S/c1-2-17-10(14)6-13-9-4-3-7(5-8(9)11)18(12,15)16/h3-5,13H,2,6H2,1H3,(H2,12,15,16). The van der Waals surface area contributed by atoms with Crippen LogP contribution in [0, 0.1) is 5.82 Å². The second kappa shape index (κ2) is 5.78. The molecule has 0 aliphatic carbocycles. The Kier molecular flexibility index (Phi) is 4.62. The van der Waals surface area contributed by atoms with Gasteiger partial charge in [-0.15, -0.1) is 0 Å². The molecule has 0 aromatic heterocycles. The third kappa shape index (κ3) is 3.97. The lowest BCUT2D eigenvalue weighted by Gasteiger charge is -2.08. The van der Waals surface area contributed by atoms with Gasteiger partial charge in [0.1, 0.15) is 12.4 Å². The number of nitrogens with two attached hydrogens (primary N) is 1. The number of rotatable bonds is 5. The van der Waals surface area contributed by atoms with Crippen LogP contribution < -0.4 is 10.5 Å². The summed E-state index contributed by atoms with van der Waals surface area (Å²) in [4.78, 5) is 10.7. The van der Waals surface area contributed by atoms with E-state index >= 15 is 0 Å². The van der Waals surface area contributed by atoms with Gasteiger partial charge < -0.3 is 10.1 Å². The first kappa shape index (κ1) is 14.4. The van der Waals surface area contributed by atoms with Gasteiger partial charge in [0.15, 0.2) is 0 Å². The van der Waals surface area contributed by atoms with Gasteiger partial charge in [0.2, 0.25) is 10.0 Å². The van der Waals surface area contributed by atoms with E-state index in [9.17, 15) is 17.6 Å². The van der Waals surface area contributed by atoms with Gasteiger partial charge in [0.05, 0.1) is 17.2 Å². The van der Waals surface area contributed by atoms with E-state index in [2.05, 4.69) is 10.1 Å².